The molecule has 1 aliphatic rings. The first-order chi connectivity index (χ1) is 8.33. The average Bonchev–Trinajstić information content (AvgIpc) is 2.77. The molecule has 0 spiro atoms. The van der Waals surface area contributed by atoms with Crippen molar-refractivity contribution >= 4 is 5.69 Å². The highest BCUT2D eigenvalue weighted by molar-refractivity contribution is 5.52. The predicted molar refractivity (Wildman–Crippen MR) is 72.9 cm³/mol. The molecule has 0 aromatic heterocycles. The summed E-state index contributed by atoms with van der Waals surface area (Å²) in [5, 5.41) is 3.66. The fourth-order valence-electron chi connectivity index (χ4n) is 2.50. The molecule has 2 rings (SSSR count). The van der Waals surface area contributed by atoms with Crippen LogP contribution in [-0.4, -0.2) is 12.6 Å². The maximum atomic E-state index is 5.53. The van der Waals surface area contributed by atoms with E-state index in [1.807, 2.05) is 0 Å². The van der Waals surface area contributed by atoms with Crippen LogP contribution in [0.15, 0.2) is 18.2 Å². The highest BCUT2D eigenvalue weighted by atomic mass is 16.5. The molecule has 17 heavy (non-hydrogen) atoms. The molecule has 1 heterocycles. The van der Waals surface area contributed by atoms with Gasteiger partial charge in [-0.3, -0.25) is 0 Å². The molecule has 0 fully saturated rings. The summed E-state index contributed by atoms with van der Waals surface area (Å²) in [5.74, 6) is 1.07. The van der Waals surface area contributed by atoms with Crippen molar-refractivity contribution in [2.24, 2.45) is 0 Å². The normalized spacial score (nSPS) is 13.6. The molecule has 94 valence electrons. The van der Waals surface area contributed by atoms with Crippen molar-refractivity contribution < 1.29 is 4.74 Å². The lowest BCUT2D eigenvalue weighted by molar-refractivity contribution is 0.357. The van der Waals surface area contributed by atoms with Gasteiger partial charge in [0.25, 0.3) is 0 Å². The third kappa shape index (κ3) is 3.15. The van der Waals surface area contributed by atoms with E-state index in [9.17, 15) is 0 Å². The number of anilines is 1. The number of fused-ring (bicyclic) bond motifs is 1. The molecule has 1 aromatic carbocycles. The summed E-state index contributed by atoms with van der Waals surface area (Å²) in [7, 11) is 0. The Balaban J connectivity index is 2.01. The Morgan fingerprint density at radius 1 is 1.24 bits per heavy atom. The molecule has 0 amide bonds. The first kappa shape index (κ1) is 12.3. The second-order valence-electron chi connectivity index (χ2n) is 4.84. The second kappa shape index (κ2) is 5.95. The summed E-state index contributed by atoms with van der Waals surface area (Å²) in [6, 6.07) is 7.10. The number of nitrogens with one attached hydrogen (secondary N) is 1. The van der Waals surface area contributed by atoms with Crippen molar-refractivity contribution in [1.29, 1.82) is 0 Å². The molecular weight excluding hydrogens is 210 g/mol. The predicted octanol–water partition coefficient (Wildman–Crippen LogP) is 4.00. The van der Waals surface area contributed by atoms with E-state index in [1.54, 1.807) is 0 Å². The zero-order chi connectivity index (χ0) is 12.1. The van der Waals surface area contributed by atoms with Gasteiger partial charge in [0.05, 0.1) is 6.61 Å². The molecular formula is C15H23NO. The van der Waals surface area contributed by atoms with Crippen molar-refractivity contribution in [2.45, 2.75) is 52.0 Å². The summed E-state index contributed by atoms with van der Waals surface area (Å²) < 4.78 is 5.53. The number of hydrogen-bond donors (Lipinski definition) is 1. The van der Waals surface area contributed by atoms with E-state index in [2.05, 4.69) is 37.4 Å². The number of benzene rings is 1. The Bertz CT molecular complexity index is 356. The Hall–Kier alpha value is -1.18. The van der Waals surface area contributed by atoms with E-state index < -0.39 is 0 Å². The van der Waals surface area contributed by atoms with Crippen molar-refractivity contribution in [3.63, 3.8) is 0 Å². The van der Waals surface area contributed by atoms with Gasteiger partial charge in [-0.1, -0.05) is 26.7 Å². The minimum atomic E-state index is 0.616. The maximum Gasteiger partial charge on any atom is 0.122 e. The van der Waals surface area contributed by atoms with E-state index >= 15 is 0 Å². The Kier molecular flexibility index (Phi) is 4.29. The van der Waals surface area contributed by atoms with E-state index in [0.717, 1.165) is 18.8 Å². The largest absolute Gasteiger partial charge is 0.493 e. The van der Waals surface area contributed by atoms with Crippen LogP contribution >= 0.6 is 0 Å². The summed E-state index contributed by atoms with van der Waals surface area (Å²) in [4.78, 5) is 0. The van der Waals surface area contributed by atoms with Crippen LogP contribution < -0.4 is 10.1 Å². The molecule has 0 atom stereocenters. The van der Waals surface area contributed by atoms with Crippen molar-refractivity contribution in [2.75, 3.05) is 11.9 Å². The molecule has 1 aliphatic heterocycles. The highest BCUT2D eigenvalue weighted by Gasteiger charge is 2.13. The fraction of sp³-hybridized carbons (Fsp3) is 0.600. The van der Waals surface area contributed by atoms with Crippen LogP contribution in [0.25, 0.3) is 0 Å². The summed E-state index contributed by atoms with van der Waals surface area (Å²) in [5.41, 5.74) is 2.60. The Morgan fingerprint density at radius 2 is 2.00 bits per heavy atom. The van der Waals surface area contributed by atoms with Crippen molar-refractivity contribution in [3.05, 3.63) is 23.8 Å². The van der Waals surface area contributed by atoms with Crippen LogP contribution in [0.3, 0.4) is 0 Å². The monoisotopic (exact) mass is 233 g/mol. The SMILES string of the molecule is CCCC(CCC)Nc1ccc2c(c1)CCO2. The first-order valence-corrected chi connectivity index (χ1v) is 6.85. The van der Waals surface area contributed by atoms with Gasteiger partial charge in [0.15, 0.2) is 0 Å². The zero-order valence-electron chi connectivity index (χ0n) is 11.0. The highest BCUT2D eigenvalue weighted by Crippen LogP contribution is 2.28. The second-order valence-corrected chi connectivity index (χ2v) is 4.84. The van der Waals surface area contributed by atoms with Gasteiger partial charge in [0, 0.05) is 18.2 Å². The maximum absolute atomic E-state index is 5.53. The molecule has 0 saturated carbocycles. The Morgan fingerprint density at radius 3 is 2.71 bits per heavy atom. The quantitative estimate of drug-likeness (QED) is 0.801. The Labute approximate surface area is 104 Å². The summed E-state index contributed by atoms with van der Waals surface area (Å²) in [6.45, 7) is 5.34. The van der Waals surface area contributed by atoms with Crippen LogP contribution in [0.1, 0.15) is 45.1 Å². The molecule has 0 unspecified atom stereocenters. The average molecular weight is 233 g/mol. The third-order valence-electron chi connectivity index (χ3n) is 3.33. The number of ether oxygens (including phenoxy) is 1. The van der Waals surface area contributed by atoms with Crippen LogP contribution in [0, 0.1) is 0 Å². The molecule has 0 radical (unpaired) electrons. The van der Waals surface area contributed by atoms with Gasteiger partial charge in [-0.05, 0) is 36.6 Å². The fourth-order valence-corrected chi connectivity index (χ4v) is 2.50. The van der Waals surface area contributed by atoms with Gasteiger partial charge in [0.1, 0.15) is 5.75 Å². The number of rotatable bonds is 6. The third-order valence-corrected chi connectivity index (χ3v) is 3.33. The standard InChI is InChI=1S/C15H23NO/c1-3-5-13(6-4-2)16-14-7-8-15-12(11-14)9-10-17-15/h7-8,11,13,16H,3-6,9-10H2,1-2H3. The van der Waals surface area contributed by atoms with Crippen LogP contribution in [0.5, 0.6) is 5.75 Å². The zero-order valence-corrected chi connectivity index (χ0v) is 11.0. The van der Waals surface area contributed by atoms with Gasteiger partial charge >= 0.3 is 0 Å². The summed E-state index contributed by atoms with van der Waals surface area (Å²) in [6.07, 6.45) is 6.04. The minimum Gasteiger partial charge on any atom is -0.493 e. The smallest absolute Gasteiger partial charge is 0.122 e. The molecule has 0 saturated heterocycles. The minimum absolute atomic E-state index is 0.616. The van der Waals surface area contributed by atoms with E-state index in [4.69, 9.17) is 4.74 Å². The van der Waals surface area contributed by atoms with Gasteiger partial charge < -0.3 is 10.1 Å². The number of hydrogen-bond acceptors (Lipinski definition) is 2. The van der Waals surface area contributed by atoms with Crippen molar-refractivity contribution in [1.82, 2.24) is 0 Å². The molecule has 1 aromatic rings. The lowest BCUT2D eigenvalue weighted by Crippen LogP contribution is -2.18. The first-order valence-electron chi connectivity index (χ1n) is 6.85. The molecule has 2 heteroatoms. The topological polar surface area (TPSA) is 21.3 Å². The van der Waals surface area contributed by atoms with Crippen LogP contribution in [0.2, 0.25) is 0 Å². The van der Waals surface area contributed by atoms with Gasteiger partial charge in [-0.15, -0.1) is 0 Å². The molecule has 0 bridgehead atoms. The van der Waals surface area contributed by atoms with Crippen LogP contribution in [0.4, 0.5) is 5.69 Å². The van der Waals surface area contributed by atoms with Gasteiger partial charge in [-0.2, -0.15) is 0 Å². The lowest BCUT2D eigenvalue weighted by Gasteiger charge is -2.19. The van der Waals surface area contributed by atoms with E-state index in [0.29, 0.717) is 6.04 Å². The summed E-state index contributed by atoms with van der Waals surface area (Å²) >= 11 is 0. The van der Waals surface area contributed by atoms with E-state index in [-0.39, 0.29) is 0 Å². The molecule has 0 aliphatic carbocycles. The molecule has 1 N–H and O–H groups in total. The van der Waals surface area contributed by atoms with Gasteiger partial charge in [-0.25, -0.2) is 0 Å². The van der Waals surface area contributed by atoms with Crippen LogP contribution in [-0.2, 0) is 6.42 Å². The van der Waals surface area contributed by atoms with Gasteiger partial charge in [0.2, 0.25) is 0 Å². The lowest BCUT2D eigenvalue weighted by atomic mass is 10.1. The van der Waals surface area contributed by atoms with E-state index in [1.165, 1.54) is 36.9 Å². The van der Waals surface area contributed by atoms with Crippen molar-refractivity contribution in [3.8, 4) is 5.75 Å². The molecule has 2 nitrogen and oxygen atoms in total.